The Morgan fingerprint density at radius 2 is 1.15 bits per heavy atom. The molecule has 0 aliphatic rings. The predicted molar refractivity (Wildman–Crippen MR) is 98.1 cm³/mol. The van der Waals surface area contributed by atoms with Gasteiger partial charge in [-0.2, -0.15) is 0 Å². The molecule has 0 aliphatic heterocycles. The minimum Gasteiger partial charge on any atom is -0.493 e. The Kier molecular flexibility index (Phi) is 6.23. The monoisotopic (exact) mass is 378 g/mol. The van der Waals surface area contributed by atoms with Crippen LogP contribution >= 0.6 is 0 Å². The first-order chi connectivity index (χ1) is 13.0. The number of carbonyl (C=O) groups is 1. The summed E-state index contributed by atoms with van der Waals surface area (Å²) in [6.45, 7) is 0. The quantitative estimate of drug-likeness (QED) is 0.749. The predicted octanol–water partition coefficient (Wildman–Crippen LogP) is 3.10. The van der Waals surface area contributed by atoms with Gasteiger partial charge in [0.15, 0.2) is 23.0 Å². The van der Waals surface area contributed by atoms with E-state index in [9.17, 15) is 9.90 Å². The summed E-state index contributed by atoms with van der Waals surface area (Å²) in [6.07, 6.45) is 0. The van der Waals surface area contributed by atoms with Crippen LogP contribution in [-0.4, -0.2) is 53.7 Å². The molecule has 8 heteroatoms. The molecule has 0 spiro atoms. The van der Waals surface area contributed by atoms with E-state index in [1.54, 1.807) is 12.1 Å². The third-order valence-electron chi connectivity index (χ3n) is 4.01. The summed E-state index contributed by atoms with van der Waals surface area (Å²) in [7, 11) is 8.72. The fourth-order valence-electron chi connectivity index (χ4n) is 2.82. The van der Waals surface area contributed by atoms with Gasteiger partial charge in [-0.3, -0.25) is 0 Å². The normalized spacial score (nSPS) is 10.1. The highest BCUT2D eigenvalue weighted by atomic mass is 16.5. The topological polar surface area (TPSA) is 92.7 Å². The smallest absolute Gasteiger partial charge is 0.339 e. The van der Waals surface area contributed by atoms with Crippen LogP contribution in [0.3, 0.4) is 0 Å². The van der Waals surface area contributed by atoms with E-state index >= 15 is 0 Å². The van der Waals surface area contributed by atoms with Crippen molar-refractivity contribution in [1.29, 1.82) is 0 Å². The van der Waals surface area contributed by atoms with Crippen molar-refractivity contribution in [2.75, 3.05) is 42.7 Å². The average molecular weight is 378 g/mol. The van der Waals surface area contributed by atoms with Gasteiger partial charge < -0.3 is 33.5 Å². The maximum absolute atomic E-state index is 11.7. The highest BCUT2D eigenvalue weighted by molar-refractivity contribution is 5.96. The first-order valence-corrected chi connectivity index (χ1v) is 7.83. The lowest BCUT2D eigenvalue weighted by Crippen LogP contribution is -2.05. The fourth-order valence-corrected chi connectivity index (χ4v) is 2.82. The Morgan fingerprint density at radius 3 is 1.52 bits per heavy atom. The molecule has 0 fully saturated rings. The Labute approximate surface area is 157 Å². The molecule has 2 aromatic carbocycles. The molecular formula is C19H22O8. The van der Waals surface area contributed by atoms with E-state index in [0.717, 1.165) is 0 Å². The first kappa shape index (κ1) is 20.0. The molecule has 0 amide bonds. The van der Waals surface area contributed by atoms with Crippen LogP contribution < -0.4 is 28.4 Å². The minimum absolute atomic E-state index is 0.0676. The number of benzene rings is 2. The Balaban J connectivity index is 2.89. The molecule has 0 unspecified atom stereocenters. The van der Waals surface area contributed by atoms with Gasteiger partial charge in [-0.05, 0) is 23.8 Å². The number of carboxylic acid groups (broad SMARTS) is 1. The molecule has 2 aromatic rings. The van der Waals surface area contributed by atoms with Crippen LogP contribution in [0.25, 0.3) is 11.1 Å². The van der Waals surface area contributed by atoms with Crippen molar-refractivity contribution >= 4 is 5.97 Å². The zero-order valence-electron chi connectivity index (χ0n) is 16.0. The zero-order chi connectivity index (χ0) is 20.1. The third kappa shape index (κ3) is 3.51. The summed E-state index contributed by atoms with van der Waals surface area (Å²) in [4.78, 5) is 11.7. The number of methoxy groups -OCH3 is 6. The number of ether oxygens (including phenoxy) is 6. The molecular weight excluding hydrogens is 356 g/mol. The maximum Gasteiger partial charge on any atom is 0.339 e. The molecule has 0 aromatic heterocycles. The van der Waals surface area contributed by atoms with E-state index in [0.29, 0.717) is 34.1 Å². The van der Waals surface area contributed by atoms with Crippen molar-refractivity contribution in [1.82, 2.24) is 0 Å². The standard InChI is InChI=1S/C19H22O8/c1-22-13-7-10(8-14(23-2)17(13)26-5)11-9-12(19(20)21)16(25-4)18(27-6)15(11)24-3/h7-9H,1-6H3,(H,20,21). The molecule has 0 aliphatic carbocycles. The largest absolute Gasteiger partial charge is 0.493 e. The number of rotatable bonds is 8. The van der Waals surface area contributed by atoms with Crippen molar-refractivity contribution in [2.45, 2.75) is 0 Å². The van der Waals surface area contributed by atoms with Crippen molar-refractivity contribution in [3.05, 3.63) is 23.8 Å². The van der Waals surface area contributed by atoms with Crippen molar-refractivity contribution in [3.8, 4) is 45.6 Å². The molecule has 0 heterocycles. The molecule has 0 saturated carbocycles. The van der Waals surface area contributed by atoms with Gasteiger partial charge >= 0.3 is 5.97 Å². The summed E-state index contributed by atoms with van der Waals surface area (Å²) in [5.41, 5.74) is 0.982. The molecule has 0 saturated heterocycles. The molecule has 0 atom stereocenters. The van der Waals surface area contributed by atoms with Gasteiger partial charge in [0.1, 0.15) is 5.56 Å². The van der Waals surface area contributed by atoms with E-state index in [1.165, 1.54) is 48.7 Å². The summed E-state index contributed by atoms with van der Waals surface area (Å²) >= 11 is 0. The van der Waals surface area contributed by atoms with Gasteiger partial charge in [-0.25, -0.2) is 4.79 Å². The zero-order valence-corrected chi connectivity index (χ0v) is 16.0. The number of hydrogen-bond acceptors (Lipinski definition) is 7. The van der Waals surface area contributed by atoms with Crippen molar-refractivity contribution in [2.24, 2.45) is 0 Å². The second kappa shape index (κ2) is 8.39. The van der Waals surface area contributed by atoms with Gasteiger partial charge in [0, 0.05) is 5.56 Å². The summed E-state index contributed by atoms with van der Waals surface area (Å²) in [6, 6.07) is 4.83. The molecule has 27 heavy (non-hydrogen) atoms. The van der Waals surface area contributed by atoms with Gasteiger partial charge in [-0.15, -0.1) is 0 Å². The van der Waals surface area contributed by atoms with Crippen LogP contribution in [0.15, 0.2) is 18.2 Å². The fraction of sp³-hybridized carbons (Fsp3) is 0.316. The number of carboxylic acids is 1. The van der Waals surface area contributed by atoms with Crippen LogP contribution in [0, 0.1) is 0 Å². The minimum atomic E-state index is -1.17. The van der Waals surface area contributed by atoms with Crippen LogP contribution in [-0.2, 0) is 0 Å². The highest BCUT2D eigenvalue weighted by Gasteiger charge is 2.26. The summed E-state index contributed by atoms with van der Waals surface area (Å²) in [5.74, 6) is 0.639. The number of aromatic carboxylic acids is 1. The first-order valence-electron chi connectivity index (χ1n) is 7.83. The van der Waals surface area contributed by atoms with E-state index in [1.807, 2.05) is 0 Å². The molecule has 0 radical (unpaired) electrons. The van der Waals surface area contributed by atoms with Gasteiger partial charge in [-0.1, -0.05) is 0 Å². The van der Waals surface area contributed by atoms with Gasteiger partial charge in [0.25, 0.3) is 0 Å². The van der Waals surface area contributed by atoms with E-state index < -0.39 is 5.97 Å². The van der Waals surface area contributed by atoms with E-state index in [2.05, 4.69) is 0 Å². The molecule has 0 bridgehead atoms. The highest BCUT2D eigenvalue weighted by Crippen LogP contribution is 2.49. The second-order valence-corrected chi connectivity index (χ2v) is 5.29. The van der Waals surface area contributed by atoms with Crippen LogP contribution in [0.4, 0.5) is 0 Å². The lowest BCUT2D eigenvalue weighted by Gasteiger charge is -2.19. The second-order valence-electron chi connectivity index (χ2n) is 5.29. The molecule has 2 rings (SSSR count). The van der Waals surface area contributed by atoms with Crippen LogP contribution in [0.1, 0.15) is 10.4 Å². The maximum atomic E-state index is 11.7. The van der Waals surface area contributed by atoms with E-state index in [-0.39, 0.29) is 17.1 Å². The lowest BCUT2D eigenvalue weighted by atomic mass is 9.99. The molecule has 8 nitrogen and oxygen atoms in total. The number of hydrogen-bond donors (Lipinski definition) is 1. The van der Waals surface area contributed by atoms with Crippen LogP contribution in [0.2, 0.25) is 0 Å². The van der Waals surface area contributed by atoms with Gasteiger partial charge in [0.2, 0.25) is 11.5 Å². The van der Waals surface area contributed by atoms with E-state index in [4.69, 9.17) is 28.4 Å². The Morgan fingerprint density at radius 1 is 0.667 bits per heavy atom. The molecule has 146 valence electrons. The SMILES string of the molecule is COc1cc(-c2cc(C(=O)O)c(OC)c(OC)c2OC)cc(OC)c1OC. The summed E-state index contributed by atoms with van der Waals surface area (Å²) < 4.78 is 32.2. The summed E-state index contributed by atoms with van der Waals surface area (Å²) in [5, 5.41) is 9.59. The Bertz CT molecular complexity index is 819. The van der Waals surface area contributed by atoms with Crippen molar-refractivity contribution < 1.29 is 38.3 Å². The van der Waals surface area contributed by atoms with Gasteiger partial charge in [0.05, 0.1) is 42.7 Å². The van der Waals surface area contributed by atoms with Crippen LogP contribution in [0.5, 0.6) is 34.5 Å². The van der Waals surface area contributed by atoms with Crippen molar-refractivity contribution in [3.63, 3.8) is 0 Å². The average Bonchev–Trinajstić information content (AvgIpc) is 2.70. The third-order valence-corrected chi connectivity index (χ3v) is 4.01. The molecule has 1 N–H and O–H groups in total. The Hall–Kier alpha value is -3.29. The lowest BCUT2D eigenvalue weighted by molar-refractivity contribution is 0.0692.